The van der Waals surface area contributed by atoms with E-state index in [1.807, 2.05) is 0 Å². The molecule has 0 aromatic carbocycles. The van der Waals surface area contributed by atoms with E-state index in [9.17, 15) is 8.78 Å². The van der Waals surface area contributed by atoms with E-state index in [1.54, 1.807) is 6.92 Å². The smallest absolute Gasteiger partial charge is 0.318 e. The van der Waals surface area contributed by atoms with E-state index >= 15 is 0 Å². The summed E-state index contributed by atoms with van der Waals surface area (Å²) < 4.78 is 28.4. The molecule has 1 aliphatic heterocycles. The van der Waals surface area contributed by atoms with Crippen LogP contribution in [-0.2, 0) is 4.74 Å². The van der Waals surface area contributed by atoms with Crippen molar-refractivity contribution in [3.8, 4) is 0 Å². The molecule has 0 saturated carbocycles. The first-order valence-electron chi connectivity index (χ1n) is 2.85. The SMILES string of the molecule is CC1COC(F)(F)CN1.Cl. The van der Waals surface area contributed by atoms with Crippen LogP contribution in [0.25, 0.3) is 0 Å². The Labute approximate surface area is 64.3 Å². The lowest BCUT2D eigenvalue weighted by Gasteiger charge is -2.27. The van der Waals surface area contributed by atoms with Crippen molar-refractivity contribution in [2.24, 2.45) is 0 Å². The molecule has 1 atom stereocenters. The molecule has 1 heterocycles. The third kappa shape index (κ3) is 2.77. The molecule has 1 N–H and O–H groups in total. The van der Waals surface area contributed by atoms with E-state index < -0.39 is 6.11 Å². The van der Waals surface area contributed by atoms with Crippen molar-refractivity contribution < 1.29 is 13.5 Å². The van der Waals surface area contributed by atoms with Crippen LogP contribution in [0, 0.1) is 0 Å². The largest absolute Gasteiger partial charge is 0.368 e. The maximum atomic E-state index is 12.1. The van der Waals surface area contributed by atoms with E-state index in [2.05, 4.69) is 10.1 Å². The number of ether oxygens (including phenoxy) is 1. The lowest BCUT2D eigenvalue weighted by molar-refractivity contribution is -0.253. The Kier molecular flexibility index (Phi) is 3.48. The lowest BCUT2D eigenvalue weighted by Crippen LogP contribution is -2.48. The van der Waals surface area contributed by atoms with Gasteiger partial charge in [-0.15, -0.1) is 12.4 Å². The van der Waals surface area contributed by atoms with Crippen molar-refractivity contribution >= 4 is 12.4 Å². The molecule has 0 aliphatic carbocycles. The van der Waals surface area contributed by atoms with E-state index in [0.29, 0.717) is 0 Å². The summed E-state index contributed by atoms with van der Waals surface area (Å²) in [5, 5.41) is 2.60. The van der Waals surface area contributed by atoms with Crippen molar-refractivity contribution in [1.82, 2.24) is 5.32 Å². The van der Waals surface area contributed by atoms with Crippen LogP contribution >= 0.6 is 12.4 Å². The molecule has 0 amide bonds. The van der Waals surface area contributed by atoms with Gasteiger partial charge < -0.3 is 10.1 Å². The van der Waals surface area contributed by atoms with Gasteiger partial charge in [0.05, 0.1) is 13.2 Å². The van der Waals surface area contributed by atoms with Gasteiger partial charge >= 0.3 is 6.11 Å². The fourth-order valence-electron chi connectivity index (χ4n) is 0.650. The van der Waals surface area contributed by atoms with Crippen molar-refractivity contribution in [3.05, 3.63) is 0 Å². The van der Waals surface area contributed by atoms with Crippen LogP contribution in [0.5, 0.6) is 0 Å². The van der Waals surface area contributed by atoms with Gasteiger partial charge in [-0.1, -0.05) is 0 Å². The Morgan fingerprint density at radius 2 is 2.20 bits per heavy atom. The van der Waals surface area contributed by atoms with E-state index in [4.69, 9.17) is 0 Å². The number of morpholine rings is 1. The summed E-state index contributed by atoms with van der Waals surface area (Å²) in [5.74, 6) is 0. The highest BCUT2D eigenvalue weighted by molar-refractivity contribution is 5.85. The zero-order chi connectivity index (χ0) is 6.91. The number of rotatable bonds is 0. The normalized spacial score (nSPS) is 30.9. The predicted molar refractivity (Wildman–Crippen MR) is 35.6 cm³/mol. The molecule has 0 radical (unpaired) electrons. The van der Waals surface area contributed by atoms with Crippen LogP contribution in [0.1, 0.15) is 6.92 Å². The number of hydrogen-bond donors (Lipinski definition) is 1. The van der Waals surface area contributed by atoms with Crippen LogP contribution in [0.4, 0.5) is 8.78 Å². The van der Waals surface area contributed by atoms with Crippen LogP contribution < -0.4 is 5.32 Å². The van der Waals surface area contributed by atoms with Gasteiger partial charge in [-0.3, -0.25) is 0 Å². The molecular weight excluding hydrogens is 164 g/mol. The second-order valence-corrected chi connectivity index (χ2v) is 2.23. The summed E-state index contributed by atoms with van der Waals surface area (Å²) in [6.07, 6.45) is -2.95. The van der Waals surface area contributed by atoms with Crippen molar-refractivity contribution in [1.29, 1.82) is 0 Å². The van der Waals surface area contributed by atoms with Gasteiger partial charge in [0.15, 0.2) is 0 Å². The fraction of sp³-hybridized carbons (Fsp3) is 1.00. The third-order valence-electron chi connectivity index (χ3n) is 1.20. The van der Waals surface area contributed by atoms with Gasteiger partial charge in [-0.2, -0.15) is 8.78 Å². The second kappa shape index (κ2) is 3.46. The zero-order valence-electron chi connectivity index (χ0n) is 5.56. The number of nitrogens with one attached hydrogen (secondary N) is 1. The summed E-state index contributed by atoms with van der Waals surface area (Å²) >= 11 is 0. The topological polar surface area (TPSA) is 21.3 Å². The average molecular weight is 174 g/mol. The van der Waals surface area contributed by atoms with E-state index in [1.165, 1.54) is 0 Å². The monoisotopic (exact) mass is 173 g/mol. The molecular formula is C5H10ClF2NO. The Morgan fingerprint density at radius 1 is 1.60 bits per heavy atom. The number of halogens is 3. The zero-order valence-corrected chi connectivity index (χ0v) is 6.38. The average Bonchev–Trinajstić information content (AvgIpc) is 1.78. The highest BCUT2D eigenvalue weighted by atomic mass is 35.5. The van der Waals surface area contributed by atoms with E-state index in [0.717, 1.165) is 0 Å². The van der Waals surface area contributed by atoms with Gasteiger partial charge in [0, 0.05) is 6.04 Å². The van der Waals surface area contributed by atoms with Gasteiger partial charge in [0.25, 0.3) is 0 Å². The molecule has 0 aromatic heterocycles. The summed E-state index contributed by atoms with van der Waals surface area (Å²) in [6.45, 7) is 1.52. The van der Waals surface area contributed by atoms with Crippen LogP contribution in [-0.4, -0.2) is 25.3 Å². The maximum absolute atomic E-state index is 12.1. The van der Waals surface area contributed by atoms with Gasteiger partial charge in [-0.05, 0) is 6.92 Å². The van der Waals surface area contributed by atoms with Crippen molar-refractivity contribution in [2.45, 2.75) is 19.1 Å². The summed E-state index contributed by atoms with van der Waals surface area (Å²) in [6, 6.07) is 0.0459. The van der Waals surface area contributed by atoms with Gasteiger partial charge in [-0.25, -0.2) is 0 Å². The Morgan fingerprint density at radius 3 is 2.50 bits per heavy atom. The van der Waals surface area contributed by atoms with Gasteiger partial charge in [0.2, 0.25) is 0 Å². The molecule has 10 heavy (non-hydrogen) atoms. The Balaban J connectivity index is 0.000000810. The summed E-state index contributed by atoms with van der Waals surface area (Å²) in [7, 11) is 0. The van der Waals surface area contributed by atoms with Crippen molar-refractivity contribution in [2.75, 3.05) is 13.2 Å². The first-order chi connectivity index (χ1) is 4.10. The minimum atomic E-state index is -2.95. The quantitative estimate of drug-likeness (QED) is 0.591. The molecule has 1 fully saturated rings. The molecule has 1 saturated heterocycles. The van der Waals surface area contributed by atoms with Gasteiger partial charge in [0.1, 0.15) is 0 Å². The first-order valence-corrected chi connectivity index (χ1v) is 2.85. The molecule has 1 rings (SSSR count). The van der Waals surface area contributed by atoms with Crippen LogP contribution in [0.2, 0.25) is 0 Å². The first kappa shape index (κ1) is 10.1. The minimum absolute atomic E-state index is 0. The molecule has 2 nitrogen and oxygen atoms in total. The Bertz CT molecular complexity index is 102. The lowest BCUT2D eigenvalue weighted by atomic mass is 10.3. The second-order valence-electron chi connectivity index (χ2n) is 2.23. The van der Waals surface area contributed by atoms with Crippen LogP contribution in [0.3, 0.4) is 0 Å². The number of hydrogen-bond acceptors (Lipinski definition) is 2. The minimum Gasteiger partial charge on any atom is -0.318 e. The van der Waals surface area contributed by atoms with Crippen molar-refractivity contribution in [3.63, 3.8) is 0 Å². The Hall–Kier alpha value is 0.0700. The molecule has 0 aromatic rings. The molecule has 1 unspecified atom stereocenters. The standard InChI is InChI=1S/C5H9F2NO.ClH/c1-4-2-9-5(6,7)3-8-4;/h4,8H,2-3H2,1H3;1H. The highest BCUT2D eigenvalue weighted by Gasteiger charge is 2.34. The molecule has 62 valence electrons. The maximum Gasteiger partial charge on any atom is 0.368 e. The van der Waals surface area contributed by atoms with E-state index in [-0.39, 0.29) is 31.6 Å². The third-order valence-corrected chi connectivity index (χ3v) is 1.20. The highest BCUT2D eigenvalue weighted by Crippen LogP contribution is 2.17. The fourth-order valence-corrected chi connectivity index (χ4v) is 0.650. The molecule has 5 heteroatoms. The molecule has 0 spiro atoms. The predicted octanol–water partition coefficient (Wildman–Crippen LogP) is 1.01. The molecule has 0 bridgehead atoms. The molecule has 1 aliphatic rings. The van der Waals surface area contributed by atoms with Crippen LogP contribution in [0.15, 0.2) is 0 Å². The number of alkyl halides is 2. The summed E-state index contributed by atoms with van der Waals surface area (Å²) in [4.78, 5) is 0. The summed E-state index contributed by atoms with van der Waals surface area (Å²) in [5.41, 5.74) is 0.